The summed E-state index contributed by atoms with van der Waals surface area (Å²) >= 11 is 1.32. The Bertz CT molecular complexity index is 769. The maximum Gasteiger partial charge on any atom is 0.321 e. The predicted molar refractivity (Wildman–Crippen MR) is 84.4 cm³/mol. The van der Waals surface area contributed by atoms with Crippen molar-refractivity contribution in [3.05, 3.63) is 72.4 Å². The second kappa shape index (κ2) is 5.97. The van der Waals surface area contributed by atoms with Crippen molar-refractivity contribution in [1.82, 2.24) is 4.98 Å². The van der Waals surface area contributed by atoms with Gasteiger partial charge in [0.15, 0.2) is 0 Å². The number of benzene rings is 2. The van der Waals surface area contributed by atoms with Crippen LogP contribution in [0.15, 0.2) is 71.8 Å². The highest BCUT2D eigenvalue weighted by Crippen LogP contribution is 2.38. The zero-order chi connectivity index (χ0) is 14.7. The zero-order valence-corrected chi connectivity index (χ0v) is 12.0. The number of aliphatic carboxylic acids is 1. The third-order valence-corrected chi connectivity index (χ3v) is 4.46. The van der Waals surface area contributed by atoms with Crippen LogP contribution in [0.1, 0.15) is 10.8 Å². The van der Waals surface area contributed by atoms with E-state index in [1.54, 1.807) is 6.20 Å². The molecule has 0 spiro atoms. The Morgan fingerprint density at radius 2 is 1.76 bits per heavy atom. The van der Waals surface area contributed by atoms with Gasteiger partial charge in [-0.2, -0.15) is 0 Å². The monoisotopic (exact) mass is 295 g/mol. The Morgan fingerprint density at radius 1 is 1.00 bits per heavy atom. The number of hydrogen-bond donors (Lipinski definition) is 1. The Labute approximate surface area is 126 Å². The van der Waals surface area contributed by atoms with Gasteiger partial charge in [-0.05, 0) is 17.7 Å². The highest BCUT2D eigenvalue weighted by molar-refractivity contribution is 8.00. The van der Waals surface area contributed by atoms with Gasteiger partial charge in [-0.15, -0.1) is 11.8 Å². The van der Waals surface area contributed by atoms with Crippen molar-refractivity contribution in [1.29, 1.82) is 0 Å². The molecule has 0 fully saturated rings. The molecule has 4 heteroatoms. The van der Waals surface area contributed by atoms with Crippen molar-refractivity contribution >= 4 is 28.6 Å². The van der Waals surface area contributed by atoms with E-state index in [9.17, 15) is 9.90 Å². The normalized spacial score (nSPS) is 12.2. The van der Waals surface area contributed by atoms with Crippen LogP contribution in [0.3, 0.4) is 0 Å². The molecule has 0 amide bonds. The van der Waals surface area contributed by atoms with Crippen LogP contribution in [-0.4, -0.2) is 16.1 Å². The molecule has 1 atom stereocenters. The maximum absolute atomic E-state index is 11.6. The Morgan fingerprint density at radius 3 is 2.52 bits per heavy atom. The standard InChI is InChI=1S/C17H13NO2S/c19-17(20)16(13-6-2-1-3-7-13)21-14-10-4-8-12-9-5-11-18-15(12)14/h1-11,16H,(H,19,20). The predicted octanol–water partition coefficient (Wildman–Crippen LogP) is 4.15. The van der Waals surface area contributed by atoms with Crippen LogP contribution in [0.5, 0.6) is 0 Å². The molecule has 3 rings (SSSR count). The van der Waals surface area contributed by atoms with Crippen molar-refractivity contribution in [2.75, 3.05) is 0 Å². The largest absolute Gasteiger partial charge is 0.480 e. The van der Waals surface area contributed by atoms with E-state index in [-0.39, 0.29) is 0 Å². The lowest BCUT2D eigenvalue weighted by atomic mass is 10.1. The number of carbonyl (C=O) groups is 1. The summed E-state index contributed by atoms with van der Waals surface area (Å²) in [7, 11) is 0. The zero-order valence-electron chi connectivity index (χ0n) is 11.1. The van der Waals surface area contributed by atoms with Gasteiger partial charge in [0.1, 0.15) is 5.25 Å². The Hall–Kier alpha value is -2.33. The summed E-state index contributed by atoms with van der Waals surface area (Å²) in [5, 5.41) is 9.89. The van der Waals surface area contributed by atoms with Crippen LogP contribution in [0, 0.1) is 0 Å². The topological polar surface area (TPSA) is 50.2 Å². The first kappa shape index (κ1) is 13.6. The van der Waals surface area contributed by atoms with Gasteiger partial charge in [-0.1, -0.05) is 48.5 Å². The number of hydrogen-bond acceptors (Lipinski definition) is 3. The molecular weight excluding hydrogens is 282 g/mol. The second-order valence-corrected chi connectivity index (χ2v) is 5.73. The van der Waals surface area contributed by atoms with Crippen LogP contribution in [0.4, 0.5) is 0 Å². The van der Waals surface area contributed by atoms with Crippen LogP contribution in [0.2, 0.25) is 0 Å². The molecule has 0 bridgehead atoms. The first-order chi connectivity index (χ1) is 10.3. The van der Waals surface area contributed by atoms with Gasteiger partial charge in [0.25, 0.3) is 0 Å². The minimum atomic E-state index is -0.848. The highest BCUT2D eigenvalue weighted by Gasteiger charge is 2.22. The SMILES string of the molecule is O=C(O)C(Sc1cccc2cccnc12)c1ccccc1. The van der Waals surface area contributed by atoms with Crippen molar-refractivity contribution < 1.29 is 9.90 Å². The van der Waals surface area contributed by atoms with E-state index in [1.165, 1.54) is 11.8 Å². The van der Waals surface area contributed by atoms with E-state index in [1.807, 2.05) is 60.7 Å². The lowest BCUT2D eigenvalue weighted by molar-refractivity contribution is -0.136. The van der Waals surface area contributed by atoms with E-state index in [2.05, 4.69) is 4.98 Å². The summed E-state index contributed by atoms with van der Waals surface area (Å²) < 4.78 is 0. The Kier molecular flexibility index (Phi) is 3.88. The van der Waals surface area contributed by atoms with Gasteiger partial charge in [-0.25, -0.2) is 0 Å². The molecule has 3 nitrogen and oxygen atoms in total. The maximum atomic E-state index is 11.6. The van der Waals surface area contributed by atoms with E-state index >= 15 is 0 Å². The van der Waals surface area contributed by atoms with E-state index < -0.39 is 11.2 Å². The summed E-state index contributed by atoms with van der Waals surface area (Å²) in [6.07, 6.45) is 1.73. The molecule has 0 aliphatic rings. The number of nitrogens with zero attached hydrogens (tertiary/aromatic N) is 1. The van der Waals surface area contributed by atoms with Gasteiger partial charge >= 0.3 is 5.97 Å². The number of carboxylic acids is 1. The molecule has 1 aromatic heterocycles. The number of rotatable bonds is 4. The molecule has 0 aliphatic carbocycles. The first-order valence-corrected chi connectivity index (χ1v) is 7.42. The fraction of sp³-hybridized carbons (Fsp3) is 0.0588. The summed E-state index contributed by atoms with van der Waals surface area (Å²) in [5.41, 5.74) is 1.62. The average Bonchev–Trinajstić information content (AvgIpc) is 2.53. The lowest BCUT2D eigenvalue weighted by Crippen LogP contribution is -2.07. The van der Waals surface area contributed by atoms with Crippen molar-refractivity contribution in [2.45, 2.75) is 10.1 Å². The van der Waals surface area contributed by atoms with Gasteiger partial charge in [0.2, 0.25) is 0 Å². The summed E-state index contributed by atoms with van der Waals surface area (Å²) in [6.45, 7) is 0. The molecule has 1 N–H and O–H groups in total. The van der Waals surface area contributed by atoms with Crippen molar-refractivity contribution in [3.8, 4) is 0 Å². The molecule has 0 radical (unpaired) electrons. The minimum absolute atomic E-state index is 0.640. The van der Waals surface area contributed by atoms with E-state index in [0.717, 1.165) is 21.4 Å². The van der Waals surface area contributed by atoms with E-state index in [0.29, 0.717) is 0 Å². The van der Waals surface area contributed by atoms with Crippen LogP contribution >= 0.6 is 11.8 Å². The number of fused-ring (bicyclic) bond motifs is 1. The molecule has 1 unspecified atom stereocenters. The number of thioether (sulfide) groups is 1. The fourth-order valence-electron chi connectivity index (χ4n) is 2.19. The van der Waals surface area contributed by atoms with Crippen molar-refractivity contribution in [3.63, 3.8) is 0 Å². The Balaban J connectivity index is 2.01. The van der Waals surface area contributed by atoms with E-state index in [4.69, 9.17) is 0 Å². The number of pyridine rings is 1. The lowest BCUT2D eigenvalue weighted by Gasteiger charge is -2.13. The second-order valence-electron chi connectivity index (χ2n) is 4.58. The van der Waals surface area contributed by atoms with Crippen LogP contribution < -0.4 is 0 Å². The molecule has 21 heavy (non-hydrogen) atoms. The van der Waals surface area contributed by atoms with Crippen LogP contribution in [0.25, 0.3) is 10.9 Å². The van der Waals surface area contributed by atoms with Crippen LogP contribution in [-0.2, 0) is 4.79 Å². The molecule has 2 aromatic carbocycles. The molecule has 104 valence electrons. The first-order valence-electron chi connectivity index (χ1n) is 6.54. The van der Waals surface area contributed by atoms with Gasteiger partial charge < -0.3 is 5.11 Å². The minimum Gasteiger partial charge on any atom is -0.480 e. The quantitative estimate of drug-likeness (QED) is 0.734. The summed E-state index contributed by atoms with van der Waals surface area (Å²) in [6, 6.07) is 18.9. The molecular formula is C17H13NO2S. The summed E-state index contributed by atoms with van der Waals surface area (Å²) in [4.78, 5) is 16.9. The number of carboxylic acid groups (broad SMARTS) is 1. The third kappa shape index (κ3) is 2.90. The molecule has 1 heterocycles. The highest BCUT2D eigenvalue weighted by atomic mass is 32.2. The van der Waals surface area contributed by atoms with Gasteiger partial charge in [0.05, 0.1) is 5.52 Å². The van der Waals surface area contributed by atoms with Gasteiger partial charge in [-0.3, -0.25) is 9.78 Å². The fourth-order valence-corrected chi connectivity index (χ4v) is 3.27. The molecule has 0 aliphatic heterocycles. The van der Waals surface area contributed by atoms with Gasteiger partial charge in [0, 0.05) is 16.5 Å². The smallest absolute Gasteiger partial charge is 0.321 e. The third-order valence-electron chi connectivity index (χ3n) is 3.17. The average molecular weight is 295 g/mol. The number of para-hydroxylation sites is 1. The molecule has 0 saturated carbocycles. The summed E-state index contributed by atoms with van der Waals surface area (Å²) in [5.74, 6) is -0.848. The number of aromatic nitrogens is 1. The molecule has 3 aromatic rings. The van der Waals surface area contributed by atoms with Crippen molar-refractivity contribution in [2.24, 2.45) is 0 Å². The molecule has 0 saturated heterocycles.